The lowest BCUT2D eigenvalue weighted by Crippen LogP contribution is -2.39. The van der Waals surface area contributed by atoms with Gasteiger partial charge in [-0.25, -0.2) is 4.98 Å². The van der Waals surface area contributed by atoms with E-state index in [4.69, 9.17) is 5.11 Å². The van der Waals surface area contributed by atoms with Crippen LogP contribution in [0.5, 0.6) is 0 Å². The van der Waals surface area contributed by atoms with Gasteiger partial charge in [-0.1, -0.05) is 15.9 Å². The van der Waals surface area contributed by atoms with E-state index in [1.807, 2.05) is 0 Å². The zero-order valence-electron chi connectivity index (χ0n) is 14.9. The Labute approximate surface area is 168 Å². The van der Waals surface area contributed by atoms with Crippen LogP contribution in [0.4, 0.5) is 0 Å². The fraction of sp³-hybridized carbons (Fsp3) is 0.300. The van der Waals surface area contributed by atoms with Crippen molar-refractivity contribution in [1.82, 2.24) is 14.7 Å². The first kappa shape index (κ1) is 18.6. The Morgan fingerprint density at radius 1 is 1.18 bits per heavy atom. The maximum atomic E-state index is 12.9. The molecule has 1 saturated carbocycles. The molecule has 1 amide bonds. The first-order chi connectivity index (χ1) is 13.4. The van der Waals surface area contributed by atoms with E-state index < -0.39 is 5.97 Å². The van der Waals surface area contributed by atoms with Crippen molar-refractivity contribution in [2.45, 2.75) is 31.7 Å². The minimum Gasteiger partial charge on any atom is -0.481 e. The molecule has 28 heavy (non-hydrogen) atoms. The molecule has 4 rings (SSSR count). The van der Waals surface area contributed by atoms with Gasteiger partial charge < -0.3 is 10.4 Å². The summed E-state index contributed by atoms with van der Waals surface area (Å²) in [5.41, 5.74) is 0.914. The molecule has 0 bridgehead atoms. The average molecular weight is 444 g/mol. The molecule has 1 aromatic carbocycles. The van der Waals surface area contributed by atoms with Gasteiger partial charge in [0.05, 0.1) is 22.4 Å². The van der Waals surface area contributed by atoms with Gasteiger partial charge in [-0.15, -0.1) is 0 Å². The van der Waals surface area contributed by atoms with Crippen molar-refractivity contribution in [3.63, 3.8) is 0 Å². The molecule has 2 N–H and O–H groups in total. The molecule has 7 nitrogen and oxygen atoms in total. The highest BCUT2D eigenvalue weighted by Crippen LogP contribution is 2.25. The van der Waals surface area contributed by atoms with E-state index in [0.29, 0.717) is 47.8 Å². The minimum atomic E-state index is -0.777. The fourth-order valence-electron chi connectivity index (χ4n) is 3.72. The van der Waals surface area contributed by atoms with Crippen LogP contribution in [0, 0.1) is 5.92 Å². The molecule has 0 saturated heterocycles. The number of carbonyl (C=O) groups is 2. The number of benzene rings is 1. The normalized spacial score (nSPS) is 19.6. The number of fused-ring (bicyclic) bond motifs is 2. The minimum absolute atomic E-state index is 0.0773. The third-order valence-corrected chi connectivity index (χ3v) is 5.75. The van der Waals surface area contributed by atoms with Crippen molar-refractivity contribution < 1.29 is 14.7 Å². The van der Waals surface area contributed by atoms with Gasteiger partial charge in [0.1, 0.15) is 0 Å². The molecule has 1 aliphatic carbocycles. The lowest BCUT2D eigenvalue weighted by Gasteiger charge is -2.26. The van der Waals surface area contributed by atoms with Crippen LogP contribution >= 0.6 is 15.9 Å². The summed E-state index contributed by atoms with van der Waals surface area (Å²) < 4.78 is 2.16. The van der Waals surface area contributed by atoms with E-state index in [9.17, 15) is 14.4 Å². The van der Waals surface area contributed by atoms with E-state index in [-0.39, 0.29) is 23.4 Å². The molecule has 8 heteroatoms. The van der Waals surface area contributed by atoms with Crippen molar-refractivity contribution >= 4 is 44.4 Å². The molecule has 0 aliphatic heterocycles. The van der Waals surface area contributed by atoms with Gasteiger partial charge in [-0.05, 0) is 56.0 Å². The molecular formula is C20H18BrN3O4. The highest BCUT2D eigenvalue weighted by molar-refractivity contribution is 9.10. The summed E-state index contributed by atoms with van der Waals surface area (Å²) >= 11 is 3.36. The van der Waals surface area contributed by atoms with Gasteiger partial charge in [-0.3, -0.25) is 18.8 Å². The van der Waals surface area contributed by atoms with Gasteiger partial charge in [-0.2, -0.15) is 0 Å². The lowest BCUT2D eigenvalue weighted by atomic mass is 9.86. The molecule has 0 atom stereocenters. The SMILES string of the molecule is O=C(NC1CCC(C(=O)O)CC1)c1cccn2c(=O)c3cc(Br)ccc3nc12. The number of amides is 1. The van der Waals surface area contributed by atoms with Crippen molar-refractivity contribution in [3.05, 3.63) is 56.9 Å². The summed E-state index contributed by atoms with van der Waals surface area (Å²) in [5.74, 6) is -1.42. The summed E-state index contributed by atoms with van der Waals surface area (Å²) in [5, 5.41) is 12.5. The number of halogens is 1. The Kier molecular flexibility index (Phi) is 4.89. The Morgan fingerprint density at radius 2 is 1.93 bits per heavy atom. The second-order valence-corrected chi connectivity index (χ2v) is 7.97. The van der Waals surface area contributed by atoms with Crippen molar-refractivity contribution in [1.29, 1.82) is 0 Å². The number of pyridine rings is 1. The van der Waals surface area contributed by atoms with E-state index in [1.54, 1.807) is 36.5 Å². The third kappa shape index (κ3) is 3.40. The summed E-state index contributed by atoms with van der Waals surface area (Å²) in [7, 11) is 0. The molecule has 3 aromatic rings. The second kappa shape index (κ2) is 7.35. The molecule has 1 aliphatic rings. The lowest BCUT2D eigenvalue weighted by molar-refractivity contribution is -0.142. The maximum Gasteiger partial charge on any atom is 0.306 e. The van der Waals surface area contributed by atoms with Gasteiger partial charge in [0.2, 0.25) is 0 Å². The fourth-order valence-corrected chi connectivity index (χ4v) is 4.09. The number of carboxylic acids is 1. The van der Waals surface area contributed by atoms with Crippen LogP contribution < -0.4 is 10.9 Å². The number of aliphatic carboxylic acids is 1. The number of nitrogens with one attached hydrogen (secondary N) is 1. The zero-order chi connectivity index (χ0) is 19.8. The first-order valence-corrected chi connectivity index (χ1v) is 9.87. The van der Waals surface area contributed by atoms with E-state index in [1.165, 1.54) is 4.40 Å². The molecular weight excluding hydrogens is 426 g/mol. The summed E-state index contributed by atoms with van der Waals surface area (Å²) in [6.07, 6.45) is 3.94. The van der Waals surface area contributed by atoms with Crippen LogP contribution in [0.1, 0.15) is 36.0 Å². The Balaban J connectivity index is 1.66. The van der Waals surface area contributed by atoms with Crippen LogP contribution in [0.25, 0.3) is 16.6 Å². The molecule has 0 radical (unpaired) electrons. The largest absolute Gasteiger partial charge is 0.481 e. The Hall–Kier alpha value is -2.74. The van der Waals surface area contributed by atoms with Crippen LogP contribution in [0.2, 0.25) is 0 Å². The van der Waals surface area contributed by atoms with Gasteiger partial charge in [0.25, 0.3) is 11.5 Å². The number of hydrogen-bond donors (Lipinski definition) is 2. The molecule has 2 heterocycles. The van der Waals surface area contributed by atoms with Gasteiger partial charge >= 0.3 is 5.97 Å². The monoisotopic (exact) mass is 443 g/mol. The van der Waals surface area contributed by atoms with Crippen LogP contribution in [-0.2, 0) is 4.79 Å². The average Bonchev–Trinajstić information content (AvgIpc) is 2.69. The Morgan fingerprint density at radius 3 is 2.64 bits per heavy atom. The van der Waals surface area contributed by atoms with Crippen LogP contribution in [-0.4, -0.2) is 32.4 Å². The van der Waals surface area contributed by atoms with Gasteiger partial charge in [0, 0.05) is 16.7 Å². The van der Waals surface area contributed by atoms with Crippen molar-refractivity contribution in [3.8, 4) is 0 Å². The maximum absolute atomic E-state index is 12.9. The number of hydrogen-bond acceptors (Lipinski definition) is 4. The second-order valence-electron chi connectivity index (χ2n) is 7.05. The molecule has 2 aromatic heterocycles. The standard InChI is InChI=1S/C20H18BrN3O4/c21-12-5-8-16-15(10-12)19(26)24-9-1-2-14(17(24)23-16)18(25)22-13-6-3-11(4-7-13)20(27)28/h1-2,5,8-11,13H,3-4,6-7H2,(H,22,25)(H,27,28). The van der Waals surface area contributed by atoms with Crippen molar-refractivity contribution in [2.75, 3.05) is 0 Å². The third-order valence-electron chi connectivity index (χ3n) is 5.26. The molecule has 0 spiro atoms. The molecule has 144 valence electrons. The topological polar surface area (TPSA) is 101 Å². The summed E-state index contributed by atoms with van der Waals surface area (Å²) in [4.78, 5) is 41.3. The zero-order valence-corrected chi connectivity index (χ0v) is 16.5. The summed E-state index contributed by atoms with van der Waals surface area (Å²) in [6.45, 7) is 0. The van der Waals surface area contributed by atoms with Crippen LogP contribution in [0.15, 0.2) is 45.8 Å². The number of rotatable bonds is 3. The quantitative estimate of drug-likeness (QED) is 0.605. The predicted molar refractivity (Wildman–Crippen MR) is 108 cm³/mol. The highest BCUT2D eigenvalue weighted by atomic mass is 79.9. The number of nitrogens with zero attached hydrogens (tertiary/aromatic N) is 2. The van der Waals surface area contributed by atoms with E-state index in [2.05, 4.69) is 26.2 Å². The van der Waals surface area contributed by atoms with Crippen LogP contribution in [0.3, 0.4) is 0 Å². The van der Waals surface area contributed by atoms with Crippen molar-refractivity contribution in [2.24, 2.45) is 5.92 Å². The number of carboxylic acid groups (broad SMARTS) is 1. The number of carbonyl (C=O) groups excluding carboxylic acids is 1. The molecule has 0 unspecified atom stereocenters. The summed E-state index contributed by atoms with van der Waals surface area (Å²) in [6, 6.07) is 8.47. The number of aromatic nitrogens is 2. The van der Waals surface area contributed by atoms with Gasteiger partial charge in [0.15, 0.2) is 5.65 Å². The van der Waals surface area contributed by atoms with E-state index in [0.717, 1.165) is 4.47 Å². The van der Waals surface area contributed by atoms with E-state index >= 15 is 0 Å². The Bertz CT molecular complexity index is 1150. The first-order valence-electron chi connectivity index (χ1n) is 9.08. The molecule has 1 fully saturated rings. The smallest absolute Gasteiger partial charge is 0.306 e. The highest BCUT2D eigenvalue weighted by Gasteiger charge is 2.27. The predicted octanol–water partition coefficient (Wildman–Crippen LogP) is 2.98.